The number of benzene rings is 2. The first-order chi connectivity index (χ1) is 13.1. The van der Waals surface area contributed by atoms with Gasteiger partial charge in [0, 0.05) is 31.9 Å². The molecule has 27 heavy (non-hydrogen) atoms. The Morgan fingerprint density at radius 2 is 1.89 bits per heavy atom. The fraction of sp³-hybridized carbons (Fsp3) is 0.273. The number of amides is 1. The lowest BCUT2D eigenvalue weighted by molar-refractivity contribution is 0.0628. The molecule has 5 heteroatoms. The summed E-state index contributed by atoms with van der Waals surface area (Å²) in [4.78, 5) is 19.2. The summed E-state index contributed by atoms with van der Waals surface area (Å²) in [6.45, 7) is 0.866. The maximum Gasteiger partial charge on any atom is 0.289 e. The van der Waals surface area contributed by atoms with Crippen LogP contribution in [0.3, 0.4) is 0 Å². The van der Waals surface area contributed by atoms with Crippen LogP contribution in [-0.2, 0) is 19.9 Å². The average molecular weight is 361 g/mol. The van der Waals surface area contributed by atoms with Gasteiger partial charge < -0.3 is 14.6 Å². The molecule has 0 radical (unpaired) electrons. The third-order valence-corrected chi connectivity index (χ3v) is 5.25. The molecular formula is C22H23N3O2. The summed E-state index contributed by atoms with van der Waals surface area (Å²) in [7, 11) is 1.88. The van der Waals surface area contributed by atoms with Crippen molar-refractivity contribution in [1.29, 1.82) is 0 Å². The molecule has 1 unspecified atom stereocenters. The van der Waals surface area contributed by atoms with Crippen LogP contribution in [0.15, 0.2) is 60.8 Å². The molecule has 0 spiro atoms. The molecule has 2 heterocycles. The maximum absolute atomic E-state index is 13.1. The molecule has 0 bridgehead atoms. The van der Waals surface area contributed by atoms with Crippen LogP contribution in [0.2, 0.25) is 0 Å². The van der Waals surface area contributed by atoms with Gasteiger partial charge in [-0.15, -0.1) is 0 Å². The van der Waals surface area contributed by atoms with E-state index >= 15 is 0 Å². The van der Waals surface area contributed by atoms with Gasteiger partial charge in [0.25, 0.3) is 5.91 Å². The van der Waals surface area contributed by atoms with E-state index in [0.29, 0.717) is 12.4 Å². The molecule has 3 aromatic rings. The molecule has 5 nitrogen and oxygen atoms in total. The lowest BCUT2D eigenvalue weighted by Gasteiger charge is -2.22. The Morgan fingerprint density at radius 1 is 1.15 bits per heavy atom. The van der Waals surface area contributed by atoms with E-state index in [2.05, 4.69) is 17.1 Å². The molecule has 1 atom stereocenters. The monoisotopic (exact) mass is 361 g/mol. The Bertz CT molecular complexity index is 949. The summed E-state index contributed by atoms with van der Waals surface area (Å²) in [6.07, 6.45) is 2.56. The third kappa shape index (κ3) is 3.51. The minimum absolute atomic E-state index is 0.135. The molecule has 1 aliphatic heterocycles. The van der Waals surface area contributed by atoms with Crippen LogP contribution in [0, 0.1) is 0 Å². The van der Waals surface area contributed by atoms with Gasteiger partial charge in [-0.25, -0.2) is 4.98 Å². The predicted molar refractivity (Wildman–Crippen MR) is 103 cm³/mol. The van der Waals surface area contributed by atoms with E-state index in [1.54, 1.807) is 11.1 Å². The Kier molecular flexibility index (Phi) is 4.77. The summed E-state index contributed by atoms with van der Waals surface area (Å²) < 4.78 is 1.86. The largest absolute Gasteiger partial charge is 0.387 e. The van der Waals surface area contributed by atoms with Crippen LogP contribution >= 0.6 is 0 Å². The number of hydrogen-bond donors (Lipinski definition) is 1. The van der Waals surface area contributed by atoms with E-state index in [4.69, 9.17) is 0 Å². The molecule has 1 aromatic heterocycles. The first-order valence-electron chi connectivity index (χ1n) is 9.23. The number of aliphatic hydroxyl groups is 1. The number of carbonyl (C=O) groups excluding carboxylic acids is 1. The molecule has 0 aliphatic carbocycles. The fourth-order valence-electron chi connectivity index (χ4n) is 3.68. The van der Waals surface area contributed by atoms with Crippen LogP contribution in [0.1, 0.15) is 39.1 Å². The average Bonchev–Trinajstić information content (AvgIpc) is 2.96. The topological polar surface area (TPSA) is 58.4 Å². The number of rotatable bonds is 3. The molecule has 1 aliphatic rings. The minimum Gasteiger partial charge on any atom is -0.387 e. The summed E-state index contributed by atoms with van der Waals surface area (Å²) in [6, 6.07) is 18.0. The van der Waals surface area contributed by atoms with Gasteiger partial charge >= 0.3 is 0 Å². The van der Waals surface area contributed by atoms with Crippen molar-refractivity contribution in [3.63, 3.8) is 0 Å². The summed E-state index contributed by atoms with van der Waals surface area (Å²) in [5.41, 5.74) is 4.19. The number of imidazole rings is 1. The van der Waals surface area contributed by atoms with Crippen LogP contribution in [0.4, 0.5) is 0 Å². The van der Waals surface area contributed by atoms with Crippen LogP contribution in [-0.4, -0.2) is 38.6 Å². The van der Waals surface area contributed by atoms with Crippen LogP contribution in [0.5, 0.6) is 0 Å². The molecule has 2 aromatic carbocycles. The van der Waals surface area contributed by atoms with Crippen LogP contribution < -0.4 is 0 Å². The number of hydrogen-bond acceptors (Lipinski definition) is 3. The van der Waals surface area contributed by atoms with Gasteiger partial charge in [0.2, 0.25) is 0 Å². The zero-order valence-corrected chi connectivity index (χ0v) is 15.4. The van der Waals surface area contributed by atoms with Crippen molar-refractivity contribution in [1.82, 2.24) is 14.5 Å². The van der Waals surface area contributed by atoms with E-state index in [1.165, 1.54) is 5.56 Å². The highest BCUT2D eigenvalue weighted by atomic mass is 16.3. The van der Waals surface area contributed by atoms with E-state index in [0.717, 1.165) is 29.7 Å². The van der Waals surface area contributed by atoms with Crippen molar-refractivity contribution in [3.05, 3.63) is 89.0 Å². The second-order valence-corrected chi connectivity index (χ2v) is 7.01. The molecular weight excluding hydrogens is 338 g/mol. The van der Waals surface area contributed by atoms with Gasteiger partial charge in [-0.1, -0.05) is 54.6 Å². The summed E-state index contributed by atoms with van der Waals surface area (Å²) in [5.74, 6) is 0.280. The normalized spacial score (nSPS) is 16.7. The number of nitrogens with zero attached hydrogens (tertiary/aromatic N) is 3. The second kappa shape index (κ2) is 7.37. The molecule has 4 rings (SSSR count). The molecule has 1 amide bonds. The number of aliphatic hydroxyl groups excluding tert-OH is 1. The van der Waals surface area contributed by atoms with Gasteiger partial charge in [-0.3, -0.25) is 4.79 Å². The van der Waals surface area contributed by atoms with Crippen molar-refractivity contribution < 1.29 is 9.90 Å². The highest BCUT2D eigenvalue weighted by Gasteiger charge is 2.27. The van der Waals surface area contributed by atoms with Crippen molar-refractivity contribution in [2.45, 2.75) is 18.9 Å². The number of β-amino-alcohol motifs (C(OH)–C–C–N with tert-alkyl or cyclic N) is 1. The SMILES string of the molecule is Cn1c(Cc2ccccc2)cnc1C(=O)N1CCc2ccccc2C(O)C1. The Morgan fingerprint density at radius 3 is 2.70 bits per heavy atom. The maximum atomic E-state index is 13.1. The standard InChI is InChI=1S/C22H23N3O2/c1-24-18(13-16-7-3-2-4-8-16)14-23-21(24)22(27)25-12-11-17-9-5-6-10-19(17)20(26)15-25/h2-10,14,20,26H,11-13,15H2,1H3. The summed E-state index contributed by atoms with van der Waals surface area (Å²) >= 11 is 0. The quantitative estimate of drug-likeness (QED) is 0.780. The molecule has 0 fully saturated rings. The molecule has 138 valence electrons. The highest BCUT2D eigenvalue weighted by Crippen LogP contribution is 2.24. The van der Waals surface area contributed by atoms with Gasteiger partial charge in [-0.05, 0) is 23.1 Å². The van der Waals surface area contributed by atoms with Crippen molar-refractivity contribution >= 4 is 5.91 Å². The highest BCUT2D eigenvalue weighted by molar-refractivity contribution is 5.91. The van der Waals surface area contributed by atoms with E-state index in [-0.39, 0.29) is 12.5 Å². The zero-order chi connectivity index (χ0) is 18.8. The molecule has 0 saturated heterocycles. The van der Waals surface area contributed by atoms with Crippen LogP contribution in [0.25, 0.3) is 0 Å². The Hall–Kier alpha value is -2.92. The van der Waals surface area contributed by atoms with Crippen molar-refractivity contribution in [3.8, 4) is 0 Å². The van der Waals surface area contributed by atoms with Gasteiger partial charge in [0.05, 0.1) is 12.6 Å². The van der Waals surface area contributed by atoms with Gasteiger partial charge in [-0.2, -0.15) is 0 Å². The number of carbonyl (C=O) groups is 1. The van der Waals surface area contributed by atoms with Crippen molar-refractivity contribution in [2.24, 2.45) is 7.05 Å². The lowest BCUT2D eigenvalue weighted by atomic mass is 10.0. The zero-order valence-electron chi connectivity index (χ0n) is 15.4. The van der Waals surface area contributed by atoms with Gasteiger partial charge in [0.15, 0.2) is 5.82 Å². The second-order valence-electron chi connectivity index (χ2n) is 7.01. The van der Waals surface area contributed by atoms with E-state index in [1.807, 2.05) is 54.1 Å². The molecule has 0 saturated carbocycles. The lowest BCUT2D eigenvalue weighted by Crippen LogP contribution is -2.36. The smallest absolute Gasteiger partial charge is 0.289 e. The minimum atomic E-state index is -0.670. The third-order valence-electron chi connectivity index (χ3n) is 5.25. The first-order valence-corrected chi connectivity index (χ1v) is 9.23. The predicted octanol–water partition coefficient (Wildman–Crippen LogP) is 2.74. The first kappa shape index (κ1) is 17.5. The molecule has 1 N–H and O–H groups in total. The van der Waals surface area contributed by atoms with E-state index in [9.17, 15) is 9.90 Å². The van der Waals surface area contributed by atoms with E-state index < -0.39 is 6.10 Å². The Balaban J connectivity index is 1.54. The van der Waals surface area contributed by atoms with Crippen molar-refractivity contribution in [2.75, 3.05) is 13.1 Å². The Labute approximate surface area is 158 Å². The fourth-order valence-corrected chi connectivity index (χ4v) is 3.68. The summed E-state index contributed by atoms with van der Waals surface area (Å²) in [5, 5.41) is 10.6. The van der Waals surface area contributed by atoms with Gasteiger partial charge in [0.1, 0.15) is 0 Å². The number of fused-ring (bicyclic) bond motifs is 1. The number of aromatic nitrogens is 2.